The lowest BCUT2D eigenvalue weighted by molar-refractivity contribution is 0.772. The second-order valence-electron chi connectivity index (χ2n) is 3.21. The molecule has 0 unspecified atom stereocenters. The topological polar surface area (TPSA) is 40.7 Å². The van der Waals surface area contributed by atoms with Crippen molar-refractivity contribution in [3.63, 3.8) is 0 Å². The van der Waals surface area contributed by atoms with E-state index in [1.807, 2.05) is 13.2 Å². The van der Waals surface area contributed by atoms with E-state index < -0.39 is 0 Å². The molecule has 0 bridgehead atoms. The average molecular weight is 207 g/mol. The van der Waals surface area contributed by atoms with Gasteiger partial charge >= 0.3 is 0 Å². The molecule has 0 aliphatic carbocycles. The number of hydrogen-bond acceptors (Lipinski definition) is 3. The van der Waals surface area contributed by atoms with E-state index in [0.717, 1.165) is 18.1 Å². The van der Waals surface area contributed by atoms with Gasteiger partial charge in [-0.25, -0.2) is 4.98 Å². The fourth-order valence-corrected chi connectivity index (χ4v) is 2.28. The maximum absolute atomic E-state index is 4.29. The summed E-state index contributed by atoms with van der Waals surface area (Å²) in [6.07, 6.45) is 1.89. The van der Waals surface area contributed by atoms with E-state index in [1.54, 1.807) is 11.3 Å². The molecule has 0 atom stereocenters. The maximum atomic E-state index is 4.29. The van der Waals surface area contributed by atoms with Gasteiger partial charge in [-0.15, -0.1) is 11.3 Å². The van der Waals surface area contributed by atoms with Crippen molar-refractivity contribution in [2.45, 2.75) is 13.5 Å². The molecule has 0 aromatic carbocycles. The Morgan fingerprint density at radius 2 is 2.43 bits per heavy atom. The standard InChI is InChI=1S/C10H13N3S/c1-7-3-4-14-10(7)8-5-12-9(13-8)6-11-2/h3-5,11H,6H2,1-2H3,(H,12,13). The summed E-state index contributed by atoms with van der Waals surface area (Å²) in [7, 11) is 1.92. The Kier molecular flexibility index (Phi) is 2.65. The lowest BCUT2D eigenvalue weighted by Crippen LogP contribution is -2.06. The van der Waals surface area contributed by atoms with Gasteiger partial charge in [0.1, 0.15) is 5.82 Å². The lowest BCUT2D eigenvalue weighted by Gasteiger charge is -1.95. The van der Waals surface area contributed by atoms with Crippen molar-refractivity contribution in [1.29, 1.82) is 0 Å². The molecule has 0 saturated heterocycles. The summed E-state index contributed by atoms with van der Waals surface area (Å²) in [5.41, 5.74) is 2.41. The Labute approximate surface area is 87.2 Å². The molecule has 14 heavy (non-hydrogen) atoms. The van der Waals surface area contributed by atoms with Crippen LogP contribution in [0.25, 0.3) is 10.6 Å². The van der Waals surface area contributed by atoms with Gasteiger partial charge in [-0.05, 0) is 31.0 Å². The number of H-pyrrole nitrogens is 1. The summed E-state index contributed by atoms with van der Waals surface area (Å²) >= 11 is 1.74. The molecule has 74 valence electrons. The van der Waals surface area contributed by atoms with Crippen LogP contribution in [0.2, 0.25) is 0 Å². The number of hydrogen-bond donors (Lipinski definition) is 2. The minimum Gasteiger partial charge on any atom is -0.340 e. The van der Waals surface area contributed by atoms with Crippen LogP contribution >= 0.6 is 11.3 Å². The van der Waals surface area contributed by atoms with Crippen LogP contribution in [0, 0.1) is 6.92 Å². The average Bonchev–Trinajstić information content (AvgIpc) is 2.74. The number of nitrogens with zero attached hydrogens (tertiary/aromatic N) is 1. The van der Waals surface area contributed by atoms with Gasteiger partial charge in [-0.1, -0.05) is 0 Å². The summed E-state index contributed by atoms with van der Waals surface area (Å²) in [5.74, 6) is 0.982. The zero-order valence-electron chi connectivity index (χ0n) is 8.29. The highest BCUT2D eigenvalue weighted by molar-refractivity contribution is 7.13. The van der Waals surface area contributed by atoms with Crippen LogP contribution in [0.5, 0.6) is 0 Å². The number of aromatic amines is 1. The number of aromatic nitrogens is 2. The summed E-state index contributed by atoms with van der Waals surface area (Å²) in [6, 6.07) is 2.12. The molecule has 0 saturated carbocycles. The number of nitrogens with one attached hydrogen (secondary N) is 2. The lowest BCUT2D eigenvalue weighted by atomic mass is 10.2. The first kappa shape index (κ1) is 9.43. The SMILES string of the molecule is CNCc1ncc(-c2sccc2C)[nH]1. The fourth-order valence-electron chi connectivity index (χ4n) is 1.38. The first-order valence-corrected chi connectivity index (χ1v) is 5.42. The largest absolute Gasteiger partial charge is 0.340 e. The molecule has 0 fully saturated rings. The highest BCUT2D eigenvalue weighted by Crippen LogP contribution is 2.27. The second-order valence-corrected chi connectivity index (χ2v) is 4.12. The van der Waals surface area contributed by atoms with Crippen molar-refractivity contribution >= 4 is 11.3 Å². The van der Waals surface area contributed by atoms with Crippen LogP contribution in [-0.2, 0) is 6.54 Å². The normalized spacial score (nSPS) is 10.7. The Hall–Kier alpha value is -1.13. The highest BCUT2D eigenvalue weighted by atomic mass is 32.1. The van der Waals surface area contributed by atoms with Crippen LogP contribution in [0.1, 0.15) is 11.4 Å². The molecule has 2 aromatic heterocycles. The first-order chi connectivity index (χ1) is 6.81. The van der Waals surface area contributed by atoms with Crippen molar-refractivity contribution in [2.24, 2.45) is 0 Å². The minimum absolute atomic E-state index is 0.782. The van der Waals surface area contributed by atoms with Crippen LogP contribution in [-0.4, -0.2) is 17.0 Å². The van der Waals surface area contributed by atoms with E-state index in [0.29, 0.717) is 0 Å². The van der Waals surface area contributed by atoms with E-state index in [1.165, 1.54) is 10.4 Å². The van der Waals surface area contributed by atoms with Crippen molar-refractivity contribution < 1.29 is 0 Å². The Balaban J connectivity index is 2.29. The molecule has 4 heteroatoms. The zero-order chi connectivity index (χ0) is 9.97. The van der Waals surface area contributed by atoms with Gasteiger partial charge in [-0.3, -0.25) is 0 Å². The molecule has 0 amide bonds. The van der Waals surface area contributed by atoms with Crippen LogP contribution < -0.4 is 5.32 Å². The predicted octanol–water partition coefficient (Wildman–Crippen LogP) is 2.17. The monoisotopic (exact) mass is 207 g/mol. The number of thiophene rings is 1. The molecule has 0 aliphatic rings. The van der Waals surface area contributed by atoms with E-state index >= 15 is 0 Å². The van der Waals surface area contributed by atoms with Gasteiger partial charge in [0.2, 0.25) is 0 Å². The van der Waals surface area contributed by atoms with Gasteiger partial charge in [0.15, 0.2) is 0 Å². The van der Waals surface area contributed by atoms with Gasteiger partial charge in [0, 0.05) is 0 Å². The zero-order valence-corrected chi connectivity index (χ0v) is 9.11. The van der Waals surface area contributed by atoms with Crippen LogP contribution in [0.3, 0.4) is 0 Å². The number of rotatable bonds is 3. The summed E-state index contributed by atoms with van der Waals surface area (Å²) < 4.78 is 0. The van der Waals surface area contributed by atoms with E-state index in [2.05, 4.69) is 33.7 Å². The van der Waals surface area contributed by atoms with Crippen LogP contribution in [0.4, 0.5) is 0 Å². The second kappa shape index (κ2) is 3.94. The molecule has 0 aliphatic heterocycles. The molecular weight excluding hydrogens is 194 g/mol. The Morgan fingerprint density at radius 3 is 3.07 bits per heavy atom. The van der Waals surface area contributed by atoms with Crippen LogP contribution in [0.15, 0.2) is 17.6 Å². The summed E-state index contributed by atoms with van der Waals surface area (Å²) in [6.45, 7) is 2.90. The number of imidazole rings is 1. The van der Waals surface area contributed by atoms with Crippen molar-refractivity contribution in [3.05, 3.63) is 29.0 Å². The smallest absolute Gasteiger partial charge is 0.120 e. The molecule has 0 spiro atoms. The van der Waals surface area contributed by atoms with Gasteiger partial charge in [0.05, 0.1) is 23.3 Å². The summed E-state index contributed by atoms with van der Waals surface area (Å²) in [5, 5.41) is 5.17. The third kappa shape index (κ3) is 1.71. The summed E-state index contributed by atoms with van der Waals surface area (Å²) in [4.78, 5) is 8.86. The molecule has 2 rings (SSSR count). The van der Waals surface area contributed by atoms with Gasteiger partial charge in [-0.2, -0.15) is 0 Å². The maximum Gasteiger partial charge on any atom is 0.120 e. The molecule has 0 radical (unpaired) electrons. The minimum atomic E-state index is 0.782. The van der Waals surface area contributed by atoms with E-state index in [9.17, 15) is 0 Å². The molecule has 2 heterocycles. The third-order valence-electron chi connectivity index (χ3n) is 2.08. The third-order valence-corrected chi connectivity index (χ3v) is 3.13. The van der Waals surface area contributed by atoms with Crippen molar-refractivity contribution in [2.75, 3.05) is 7.05 Å². The molecule has 2 N–H and O–H groups in total. The molecular formula is C10H13N3S. The fraction of sp³-hybridized carbons (Fsp3) is 0.300. The molecule has 2 aromatic rings. The van der Waals surface area contributed by atoms with Crippen molar-refractivity contribution in [1.82, 2.24) is 15.3 Å². The highest BCUT2D eigenvalue weighted by Gasteiger charge is 2.06. The first-order valence-electron chi connectivity index (χ1n) is 4.54. The van der Waals surface area contributed by atoms with Gasteiger partial charge < -0.3 is 10.3 Å². The quantitative estimate of drug-likeness (QED) is 0.809. The van der Waals surface area contributed by atoms with E-state index in [4.69, 9.17) is 0 Å². The Bertz CT molecular complexity index is 416. The van der Waals surface area contributed by atoms with Crippen molar-refractivity contribution in [3.8, 4) is 10.6 Å². The number of aryl methyl sites for hydroxylation is 1. The molecule has 3 nitrogen and oxygen atoms in total. The van der Waals surface area contributed by atoms with E-state index in [-0.39, 0.29) is 0 Å². The predicted molar refractivity (Wildman–Crippen MR) is 59.4 cm³/mol. The Morgan fingerprint density at radius 1 is 1.57 bits per heavy atom. The van der Waals surface area contributed by atoms with Gasteiger partial charge in [0.25, 0.3) is 0 Å².